The zero-order chi connectivity index (χ0) is 14.3. The summed E-state index contributed by atoms with van der Waals surface area (Å²) in [4.78, 5) is 17.5. The predicted octanol–water partition coefficient (Wildman–Crippen LogP) is 2.71. The third-order valence-corrected chi connectivity index (χ3v) is 3.08. The van der Waals surface area contributed by atoms with Crippen molar-refractivity contribution in [1.82, 2.24) is 19.7 Å². The summed E-state index contributed by atoms with van der Waals surface area (Å²) in [7, 11) is 0. The summed E-state index contributed by atoms with van der Waals surface area (Å²) >= 11 is 3.22. The number of nitrogens with zero attached hydrogens (tertiary/aromatic N) is 3. The van der Waals surface area contributed by atoms with Gasteiger partial charge >= 0.3 is 6.16 Å². The Bertz CT molecular complexity index is 813. The molecule has 0 radical (unpaired) electrons. The first kappa shape index (κ1) is 12.6. The lowest BCUT2D eigenvalue weighted by Crippen LogP contribution is -2.02. The number of carboxylic acid groups (broad SMARTS) is 1. The quantitative estimate of drug-likeness (QED) is 0.699. The van der Waals surface area contributed by atoms with Crippen LogP contribution in [0.4, 0.5) is 9.18 Å². The molecule has 0 aliphatic rings. The van der Waals surface area contributed by atoms with Gasteiger partial charge in [0.05, 0.1) is 17.9 Å². The molecule has 0 saturated carbocycles. The minimum atomic E-state index is -1.43. The van der Waals surface area contributed by atoms with Crippen LogP contribution in [0.1, 0.15) is 0 Å². The number of halogens is 2. The Kier molecular flexibility index (Phi) is 2.90. The normalized spacial score (nSPS) is 10.9. The van der Waals surface area contributed by atoms with E-state index in [2.05, 4.69) is 35.7 Å². The molecule has 0 aliphatic carbocycles. The molecule has 2 aromatic heterocycles. The number of imidazole rings is 1. The highest BCUT2D eigenvalue weighted by atomic mass is 79.9. The van der Waals surface area contributed by atoms with E-state index in [9.17, 15) is 9.18 Å². The SMILES string of the molecule is O=C(O)Oc1cnn(-c2nc3c(Br)cc(F)cc3[nH]2)c1. The van der Waals surface area contributed by atoms with Gasteiger partial charge in [0.2, 0.25) is 5.95 Å². The maximum atomic E-state index is 13.3. The van der Waals surface area contributed by atoms with Crippen molar-refractivity contribution in [2.45, 2.75) is 0 Å². The highest BCUT2D eigenvalue weighted by molar-refractivity contribution is 9.10. The summed E-state index contributed by atoms with van der Waals surface area (Å²) in [6.45, 7) is 0. The van der Waals surface area contributed by atoms with E-state index < -0.39 is 12.0 Å². The minimum absolute atomic E-state index is 0.0585. The van der Waals surface area contributed by atoms with Gasteiger partial charge in [-0.05, 0) is 28.1 Å². The molecule has 3 rings (SSSR count). The van der Waals surface area contributed by atoms with Crippen molar-refractivity contribution >= 4 is 33.1 Å². The number of aromatic nitrogens is 4. The second-order valence-corrected chi connectivity index (χ2v) is 4.69. The zero-order valence-corrected chi connectivity index (χ0v) is 11.3. The average molecular weight is 341 g/mol. The van der Waals surface area contributed by atoms with E-state index in [0.717, 1.165) is 0 Å². The van der Waals surface area contributed by atoms with E-state index in [0.29, 0.717) is 21.5 Å². The van der Waals surface area contributed by atoms with Crippen LogP contribution in [0.25, 0.3) is 17.0 Å². The molecule has 0 fully saturated rings. The number of aromatic amines is 1. The largest absolute Gasteiger partial charge is 0.511 e. The van der Waals surface area contributed by atoms with Crippen molar-refractivity contribution in [1.29, 1.82) is 0 Å². The fourth-order valence-corrected chi connectivity index (χ4v) is 2.23. The van der Waals surface area contributed by atoms with Gasteiger partial charge in [-0.1, -0.05) is 0 Å². The molecule has 1 aromatic carbocycles. The number of fused-ring (bicyclic) bond motifs is 1. The summed E-state index contributed by atoms with van der Waals surface area (Å²) in [6, 6.07) is 2.60. The summed E-state index contributed by atoms with van der Waals surface area (Å²) in [5.41, 5.74) is 1.03. The van der Waals surface area contributed by atoms with Gasteiger partial charge in [0.15, 0.2) is 5.75 Å². The molecule has 0 unspecified atom stereocenters. The maximum absolute atomic E-state index is 13.3. The zero-order valence-electron chi connectivity index (χ0n) is 9.67. The van der Waals surface area contributed by atoms with Crippen LogP contribution < -0.4 is 4.74 Å². The third kappa shape index (κ3) is 2.23. The Labute approximate surface area is 119 Å². The molecule has 9 heteroatoms. The van der Waals surface area contributed by atoms with E-state index in [1.165, 1.54) is 29.2 Å². The van der Waals surface area contributed by atoms with Crippen molar-refractivity contribution in [3.8, 4) is 11.7 Å². The van der Waals surface area contributed by atoms with Gasteiger partial charge in [-0.25, -0.2) is 18.9 Å². The van der Waals surface area contributed by atoms with Gasteiger partial charge in [0.25, 0.3) is 0 Å². The number of rotatable bonds is 2. The third-order valence-electron chi connectivity index (χ3n) is 2.47. The summed E-state index contributed by atoms with van der Waals surface area (Å²) < 4.78 is 19.5. The topological polar surface area (TPSA) is 93.0 Å². The molecule has 0 bridgehead atoms. The van der Waals surface area contributed by atoms with Crippen LogP contribution in [0.5, 0.6) is 5.75 Å². The molecule has 7 nitrogen and oxygen atoms in total. The molecular weight excluding hydrogens is 335 g/mol. The highest BCUT2D eigenvalue weighted by Gasteiger charge is 2.11. The first-order valence-electron chi connectivity index (χ1n) is 5.33. The van der Waals surface area contributed by atoms with Crippen LogP contribution in [0.2, 0.25) is 0 Å². The van der Waals surface area contributed by atoms with Crippen LogP contribution in [-0.2, 0) is 0 Å². The van der Waals surface area contributed by atoms with Crippen LogP contribution in [0.3, 0.4) is 0 Å². The van der Waals surface area contributed by atoms with Crippen LogP contribution in [-0.4, -0.2) is 31.0 Å². The van der Waals surface area contributed by atoms with Crippen molar-refractivity contribution < 1.29 is 19.0 Å². The van der Waals surface area contributed by atoms with E-state index in [1.54, 1.807) is 0 Å². The summed E-state index contributed by atoms with van der Waals surface area (Å²) in [5, 5.41) is 12.4. The van der Waals surface area contributed by atoms with E-state index in [1.807, 2.05) is 0 Å². The standard InChI is InChI=1S/C11H6BrFN4O3/c12-7-1-5(13)2-8-9(7)16-10(15-8)17-4-6(3-14-17)20-11(18)19/h1-4H,(H,15,16)(H,18,19). The minimum Gasteiger partial charge on any atom is -0.449 e. The van der Waals surface area contributed by atoms with Crippen LogP contribution >= 0.6 is 15.9 Å². The number of benzene rings is 1. The van der Waals surface area contributed by atoms with Gasteiger partial charge in [-0.15, -0.1) is 0 Å². The van der Waals surface area contributed by atoms with E-state index in [4.69, 9.17) is 5.11 Å². The number of H-pyrrole nitrogens is 1. The first-order valence-corrected chi connectivity index (χ1v) is 6.13. The Morgan fingerprint density at radius 2 is 2.30 bits per heavy atom. The Morgan fingerprint density at radius 3 is 3.05 bits per heavy atom. The number of ether oxygens (including phenoxy) is 1. The maximum Gasteiger partial charge on any atom is 0.511 e. The second kappa shape index (κ2) is 4.60. The smallest absolute Gasteiger partial charge is 0.449 e. The summed E-state index contributed by atoms with van der Waals surface area (Å²) in [6.07, 6.45) is 1.14. The molecule has 0 spiro atoms. The van der Waals surface area contributed by atoms with Crippen molar-refractivity contribution in [3.05, 3.63) is 34.8 Å². The predicted molar refractivity (Wildman–Crippen MR) is 69.5 cm³/mol. The highest BCUT2D eigenvalue weighted by Crippen LogP contribution is 2.24. The monoisotopic (exact) mass is 340 g/mol. The number of carbonyl (C=O) groups is 1. The Morgan fingerprint density at radius 1 is 1.50 bits per heavy atom. The lowest BCUT2D eigenvalue weighted by molar-refractivity contribution is 0.144. The molecule has 20 heavy (non-hydrogen) atoms. The number of hydrogen-bond donors (Lipinski definition) is 2. The van der Waals surface area contributed by atoms with Gasteiger partial charge in [-0.2, -0.15) is 5.10 Å². The number of nitrogens with one attached hydrogen (secondary N) is 1. The van der Waals surface area contributed by atoms with Crippen molar-refractivity contribution in [2.24, 2.45) is 0 Å². The first-order chi connectivity index (χ1) is 9.52. The summed E-state index contributed by atoms with van der Waals surface area (Å²) in [5.74, 6) is -0.0373. The van der Waals surface area contributed by atoms with E-state index >= 15 is 0 Å². The van der Waals surface area contributed by atoms with Gasteiger partial charge in [0, 0.05) is 4.47 Å². The van der Waals surface area contributed by atoms with Crippen LogP contribution in [0, 0.1) is 5.82 Å². The fraction of sp³-hybridized carbons (Fsp3) is 0. The molecule has 0 atom stereocenters. The molecule has 3 aromatic rings. The average Bonchev–Trinajstić information content (AvgIpc) is 2.94. The lowest BCUT2D eigenvalue weighted by Gasteiger charge is -1.93. The molecule has 0 amide bonds. The molecule has 102 valence electrons. The molecule has 2 heterocycles. The second-order valence-electron chi connectivity index (χ2n) is 3.83. The van der Waals surface area contributed by atoms with Crippen molar-refractivity contribution in [3.63, 3.8) is 0 Å². The Balaban J connectivity index is 2.04. The van der Waals surface area contributed by atoms with Gasteiger partial charge < -0.3 is 14.8 Å². The van der Waals surface area contributed by atoms with Crippen LogP contribution in [0.15, 0.2) is 29.0 Å². The molecule has 0 saturated heterocycles. The number of hydrogen-bond acceptors (Lipinski definition) is 4. The molecular formula is C11H6BrFN4O3. The molecule has 2 N–H and O–H groups in total. The fourth-order valence-electron chi connectivity index (χ4n) is 1.71. The van der Waals surface area contributed by atoms with E-state index in [-0.39, 0.29) is 5.75 Å². The Hall–Kier alpha value is -2.42. The van der Waals surface area contributed by atoms with Gasteiger partial charge in [-0.3, -0.25) is 0 Å². The van der Waals surface area contributed by atoms with Gasteiger partial charge in [0.1, 0.15) is 11.3 Å². The molecule has 0 aliphatic heterocycles. The lowest BCUT2D eigenvalue weighted by atomic mass is 10.3. The van der Waals surface area contributed by atoms with Crippen molar-refractivity contribution in [2.75, 3.05) is 0 Å².